The highest BCUT2D eigenvalue weighted by molar-refractivity contribution is 7.07. The van der Waals surface area contributed by atoms with E-state index in [1.165, 1.54) is 30.9 Å². The summed E-state index contributed by atoms with van der Waals surface area (Å²) in [5.41, 5.74) is 2.65. The number of fused-ring (bicyclic) bond motifs is 1. The van der Waals surface area contributed by atoms with Crippen molar-refractivity contribution in [2.45, 2.75) is 19.6 Å². The summed E-state index contributed by atoms with van der Waals surface area (Å²) >= 11 is 7.55. The average molecular weight is 712 g/mol. The van der Waals surface area contributed by atoms with E-state index in [4.69, 9.17) is 35.5 Å². The third-order valence-corrected chi connectivity index (χ3v) is 9.11. The van der Waals surface area contributed by atoms with Crippen molar-refractivity contribution in [3.05, 3.63) is 154 Å². The summed E-state index contributed by atoms with van der Waals surface area (Å²) in [5.74, 6) is 0.728. The molecule has 11 nitrogen and oxygen atoms in total. The SMILES string of the molecule is CCOC(=O)C1=C(c2ccccc2)N=c2s/c(=C\c3cc(Cl)ccc3OCc3ccc([N+](=O)[O-])cc3)c(=O)n2[C@@H]1c1ccc(OC)c(OC)c1. The van der Waals surface area contributed by atoms with Crippen molar-refractivity contribution in [3.8, 4) is 17.2 Å². The Hall–Kier alpha value is -5.72. The number of thiazole rings is 1. The van der Waals surface area contributed by atoms with Crippen LogP contribution in [-0.2, 0) is 16.1 Å². The summed E-state index contributed by atoms with van der Waals surface area (Å²) in [4.78, 5) is 44.1. The van der Waals surface area contributed by atoms with E-state index in [0.29, 0.717) is 59.6 Å². The lowest BCUT2D eigenvalue weighted by Gasteiger charge is -2.26. The fraction of sp³-hybridized carbons (Fsp3) is 0.162. The summed E-state index contributed by atoms with van der Waals surface area (Å²) < 4.78 is 24.5. The Bertz CT molecular complexity index is 2300. The molecule has 0 fully saturated rings. The van der Waals surface area contributed by atoms with Crippen LogP contribution in [0.15, 0.2) is 106 Å². The van der Waals surface area contributed by atoms with Crippen molar-refractivity contribution in [1.29, 1.82) is 0 Å². The number of aromatic nitrogens is 1. The maximum Gasteiger partial charge on any atom is 0.338 e. The number of rotatable bonds is 11. The first-order valence-corrected chi connectivity index (χ1v) is 16.6. The van der Waals surface area contributed by atoms with Crippen LogP contribution in [0.3, 0.4) is 0 Å². The number of non-ortho nitro benzene ring substituents is 1. The minimum Gasteiger partial charge on any atom is -0.493 e. The Kier molecular flexibility index (Phi) is 10.1. The highest BCUT2D eigenvalue weighted by Gasteiger charge is 2.35. The Morgan fingerprint density at radius 2 is 1.70 bits per heavy atom. The second-order valence-electron chi connectivity index (χ2n) is 10.9. The van der Waals surface area contributed by atoms with Gasteiger partial charge < -0.3 is 18.9 Å². The molecule has 13 heteroatoms. The molecule has 1 aliphatic rings. The topological polar surface area (TPSA) is 131 Å². The van der Waals surface area contributed by atoms with Gasteiger partial charge in [-0.2, -0.15) is 0 Å². The molecule has 0 N–H and O–H groups in total. The molecule has 0 spiro atoms. The summed E-state index contributed by atoms with van der Waals surface area (Å²) in [6.45, 7) is 1.95. The van der Waals surface area contributed by atoms with Gasteiger partial charge in [-0.15, -0.1) is 0 Å². The van der Waals surface area contributed by atoms with E-state index in [0.717, 1.165) is 11.3 Å². The van der Waals surface area contributed by atoms with Gasteiger partial charge in [-0.05, 0) is 66.6 Å². The number of methoxy groups -OCH3 is 2. The highest BCUT2D eigenvalue weighted by Crippen LogP contribution is 2.38. The number of halogens is 1. The van der Waals surface area contributed by atoms with E-state index in [9.17, 15) is 19.7 Å². The van der Waals surface area contributed by atoms with Gasteiger partial charge in [-0.3, -0.25) is 19.5 Å². The fourth-order valence-corrected chi connectivity index (χ4v) is 6.73. The van der Waals surface area contributed by atoms with Crippen LogP contribution in [0.5, 0.6) is 17.2 Å². The van der Waals surface area contributed by atoms with Crippen LogP contribution < -0.4 is 29.1 Å². The normalized spacial score (nSPS) is 14.1. The molecule has 1 aromatic heterocycles. The predicted octanol–water partition coefficient (Wildman–Crippen LogP) is 6.09. The first-order valence-electron chi connectivity index (χ1n) is 15.4. The van der Waals surface area contributed by atoms with Gasteiger partial charge in [0.15, 0.2) is 16.3 Å². The molecule has 5 aromatic rings. The third-order valence-electron chi connectivity index (χ3n) is 7.90. The van der Waals surface area contributed by atoms with Gasteiger partial charge in [-0.25, -0.2) is 9.79 Å². The predicted molar refractivity (Wildman–Crippen MR) is 189 cm³/mol. The molecule has 2 heterocycles. The van der Waals surface area contributed by atoms with Gasteiger partial charge >= 0.3 is 5.97 Å². The number of esters is 1. The van der Waals surface area contributed by atoms with Crippen LogP contribution >= 0.6 is 22.9 Å². The molecule has 0 saturated heterocycles. The maximum absolute atomic E-state index is 14.4. The van der Waals surface area contributed by atoms with Crippen LogP contribution in [0.2, 0.25) is 5.02 Å². The van der Waals surface area contributed by atoms with Crippen molar-refractivity contribution in [1.82, 2.24) is 4.57 Å². The molecule has 4 aromatic carbocycles. The molecule has 6 rings (SSSR count). The van der Waals surface area contributed by atoms with Gasteiger partial charge in [0.05, 0.1) is 47.6 Å². The molecule has 0 unspecified atom stereocenters. The Morgan fingerprint density at radius 3 is 2.38 bits per heavy atom. The van der Waals surface area contributed by atoms with Gasteiger partial charge in [0.25, 0.3) is 11.2 Å². The molecular formula is C37H30ClN3O8S. The summed E-state index contributed by atoms with van der Waals surface area (Å²) in [6, 6.07) is 24.6. The number of carbonyl (C=O) groups is 1. The molecule has 1 atom stereocenters. The highest BCUT2D eigenvalue weighted by atomic mass is 35.5. The first-order chi connectivity index (χ1) is 24.2. The second-order valence-corrected chi connectivity index (χ2v) is 12.4. The number of hydrogen-bond donors (Lipinski definition) is 0. The minimum atomic E-state index is -0.931. The van der Waals surface area contributed by atoms with Gasteiger partial charge in [0.2, 0.25) is 0 Å². The summed E-state index contributed by atoms with van der Waals surface area (Å²) in [6.07, 6.45) is 1.67. The lowest BCUT2D eigenvalue weighted by molar-refractivity contribution is -0.384. The molecule has 254 valence electrons. The van der Waals surface area contributed by atoms with E-state index >= 15 is 0 Å². The largest absolute Gasteiger partial charge is 0.493 e. The minimum absolute atomic E-state index is 0.0239. The zero-order valence-corrected chi connectivity index (χ0v) is 28.7. The van der Waals surface area contributed by atoms with Gasteiger partial charge in [0.1, 0.15) is 12.4 Å². The van der Waals surface area contributed by atoms with Gasteiger partial charge in [-0.1, -0.05) is 59.3 Å². The number of nitro benzene ring substituents is 1. The van der Waals surface area contributed by atoms with E-state index in [1.54, 1.807) is 61.5 Å². The summed E-state index contributed by atoms with van der Waals surface area (Å²) in [7, 11) is 3.04. The third kappa shape index (κ3) is 6.89. The molecule has 0 aliphatic carbocycles. The van der Waals surface area contributed by atoms with Crippen LogP contribution in [0.4, 0.5) is 5.69 Å². The van der Waals surface area contributed by atoms with Crippen LogP contribution in [-0.4, -0.2) is 36.3 Å². The smallest absolute Gasteiger partial charge is 0.338 e. The zero-order chi connectivity index (χ0) is 35.4. The van der Waals surface area contributed by atoms with Crippen molar-refractivity contribution in [2.24, 2.45) is 4.99 Å². The van der Waals surface area contributed by atoms with E-state index in [-0.39, 0.29) is 24.5 Å². The Morgan fingerprint density at radius 1 is 0.980 bits per heavy atom. The molecule has 0 saturated carbocycles. The zero-order valence-electron chi connectivity index (χ0n) is 27.1. The van der Waals surface area contributed by atoms with Gasteiger partial charge in [0, 0.05) is 28.3 Å². The molecule has 50 heavy (non-hydrogen) atoms. The monoisotopic (exact) mass is 711 g/mol. The van der Waals surface area contributed by atoms with Crippen LogP contribution in [0, 0.1) is 10.1 Å². The average Bonchev–Trinajstić information content (AvgIpc) is 3.44. The Balaban J connectivity index is 1.52. The van der Waals surface area contributed by atoms with Crippen LogP contribution in [0.25, 0.3) is 11.8 Å². The lowest BCUT2D eigenvalue weighted by Crippen LogP contribution is -2.40. The number of nitrogens with zero attached hydrogens (tertiary/aromatic N) is 3. The molecule has 0 radical (unpaired) electrons. The number of hydrogen-bond acceptors (Lipinski definition) is 10. The second kappa shape index (κ2) is 14.8. The van der Waals surface area contributed by atoms with Crippen molar-refractivity contribution < 1.29 is 28.7 Å². The maximum atomic E-state index is 14.4. The van der Waals surface area contributed by atoms with Crippen LogP contribution in [0.1, 0.15) is 35.2 Å². The Labute approximate surface area is 295 Å². The quantitative estimate of drug-likeness (QED) is 0.0914. The van der Waals surface area contributed by atoms with E-state index < -0.39 is 22.5 Å². The molecule has 0 amide bonds. The van der Waals surface area contributed by atoms with Crippen molar-refractivity contribution >= 4 is 46.4 Å². The molecule has 0 bridgehead atoms. The lowest BCUT2D eigenvalue weighted by atomic mass is 9.93. The standard InChI is InChI=1S/C37H30ClN3O8S/c1-4-48-36(43)32-33(23-8-6-5-7-9-23)39-37-40(34(32)24-12-16-29(46-2)30(19-24)47-3)35(42)31(50-37)20-25-18-26(38)13-17-28(25)49-21-22-10-14-27(15-11-22)41(44)45/h5-20,34H,4,21H2,1-3H3/b31-20-/t34-/m1/s1. The fourth-order valence-electron chi connectivity index (χ4n) is 5.56. The van der Waals surface area contributed by atoms with E-state index in [2.05, 4.69) is 0 Å². The number of ether oxygens (including phenoxy) is 4. The van der Waals surface area contributed by atoms with E-state index in [1.807, 2.05) is 30.3 Å². The van der Waals surface area contributed by atoms with Crippen molar-refractivity contribution in [2.75, 3.05) is 20.8 Å². The number of carbonyl (C=O) groups excluding carboxylic acids is 1. The summed E-state index contributed by atoms with van der Waals surface area (Å²) in [5, 5.41) is 11.5. The van der Waals surface area contributed by atoms with Crippen molar-refractivity contribution in [3.63, 3.8) is 0 Å². The number of nitro groups is 1. The molecule has 1 aliphatic heterocycles. The number of benzene rings is 4. The first kappa shape index (κ1) is 34.2. The molecular weight excluding hydrogens is 682 g/mol.